The molecule has 7 nitrogen and oxygen atoms in total. The van der Waals surface area contributed by atoms with Gasteiger partial charge in [-0.25, -0.2) is 4.98 Å². The number of amides is 2. The summed E-state index contributed by atoms with van der Waals surface area (Å²) in [6.45, 7) is 9.22. The van der Waals surface area contributed by atoms with Crippen LogP contribution < -0.4 is 5.46 Å². The predicted molar refractivity (Wildman–Crippen MR) is 130 cm³/mol. The Balaban J connectivity index is 1.41. The molecule has 5 rings (SSSR count). The molecule has 2 fully saturated rings. The summed E-state index contributed by atoms with van der Waals surface area (Å²) in [7, 11) is 2.97. The number of pyridine rings is 1. The lowest BCUT2D eigenvalue weighted by molar-refractivity contribution is 0.00578. The maximum atomic E-state index is 13.5. The van der Waals surface area contributed by atoms with E-state index >= 15 is 0 Å². The highest BCUT2D eigenvalue weighted by Gasteiger charge is 2.54. The van der Waals surface area contributed by atoms with Gasteiger partial charge >= 0.3 is 7.12 Å². The van der Waals surface area contributed by atoms with Crippen LogP contribution in [0.3, 0.4) is 0 Å². The van der Waals surface area contributed by atoms with Gasteiger partial charge < -0.3 is 19.1 Å². The van der Waals surface area contributed by atoms with Crippen LogP contribution in [0.2, 0.25) is 0 Å². The Hall–Kier alpha value is -2.71. The Labute approximate surface area is 201 Å². The van der Waals surface area contributed by atoms with E-state index in [2.05, 4.69) is 11.1 Å². The molecule has 1 aromatic heterocycles. The second kappa shape index (κ2) is 7.65. The number of hydrogen-bond acceptors (Lipinski definition) is 5. The van der Waals surface area contributed by atoms with E-state index in [0.717, 1.165) is 29.4 Å². The normalized spacial score (nSPS) is 21.5. The minimum absolute atomic E-state index is 0.000803. The van der Waals surface area contributed by atoms with Crippen molar-refractivity contribution in [2.75, 3.05) is 20.6 Å². The minimum Gasteiger partial charge on any atom is -0.399 e. The van der Waals surface area contributed by atoms with Crippen molar-refractivity contribution in [1.82, 2.24) is 14.8 Å². The van der Waals surface area contributed by atoms with E-state index in [9.17, 15) is 9.59 Å². The molecule has 3 heterocycles. The molecule has 1 saturated carbocycles. The molecule has 3 aliphatic rings. The molecule has 2 aromatic rings. The molecule has 2 amide bonds. The van der Waals surface area contributed by atoms with Gasteiger partial charge in [-0.1, -0.05) is 18.2 Å². The smallest absolute Gasteiger partial charge is 0.399 e. The molecule has 0 radical (unpaired) electrons. The Bertz CT molecular complexity index is 1160. The van der Waals surface area contributed by atoms with Gasteiger partial charge in [0, 0.05) is 31.6 Å². The molecular weight excluding hydrogens is 429 g/mol. The van der Waals surface area contributed by atoms with Crippen LogP contribution in [0.15, 0.2) is 36.4 Å². The van der Waals surface area contributed by atoms with Crippen molar-refractivity contribution in [3.63, 3.8) is 0 Å². The van der Waals surface area contributed by atoms with E-state index in [4.69, 9.17) is 9.31 Å². The highest BCUT2D eigenvalue weighted by atomic mass is 16.7. The maximum absolute atomic E-state index is 13.5. The largest absolute Gasteiger partial charge is 0.494 e. The first-order valence-electron chi connectivity index (χ1n) is 11.9. The summed E-state index contributed by atoms with van der Waals surface area (Å²) >= 11 is 0. The predicted octanol–water partition coefficient (Wildman–Crippen LogP) is 2.77. The molecule has 1 saturated heterocycles. The van der Waals surface area contributed by atoms with Gasteiger partial charge in [0.1, 0.15) is 5.69 Å². The third-order valence-corrected chi connectivity index (χ3v) is 7.79. The minimum atomic E-state index is -0.444. The van der Waals surface area contributed by atoms with Crippen molar-refractivity contribution in [3.8, 4) is 0 Å². The third-order valence-electron chi connectivity index (χ3n) is 7.79. The molecule has 34 heavy (non-hydrogen) atoms. The zero-order valence-electron chi connectivity index (χ0n) is 20.8. The Morgan fingerprint density at radius 2 is 1.76 bits per heavy atom. The summed E-state index contributed by atoms with van der Waals surface area (Å²) in [5.74, 6) is -0.148. The van der Waals surface area contributed by atoms with Crippen molar-refractivity contribution in [2.45, 2.75) is 63.7 Å². The molecule has 178 valence electrons. The fourth-order valence-corrected chi connectivity index (χ4v) is 4.82. The van der Waals surface area contributed by atoms with Crippen LogP contribution in [0.5, 0.6) is 0 Å². The van der Waals surface area contributed by atoms with Crippen LogP contribution in [-0.4, -0.2) is 65.6 Å². The SMILES string of the molecule is CN(C)C(=O)c1cccc(CN2CC3(CC3)c3cc(B4OC(C)(C)C(C)(C)O4)ccc3C2=O)n1. The summed E-state index contributed by atoms with van der Waals surface area (Å²) in [6, 6.07) is 11.4. The van der Waals surface area contributed by atoms with Gasteiger partial charge in [-0.2, -0.15) is 0 Å². The molecule has 1 aromatic carbocycles. The first-order valence-corrected chi connectivity index (χ1v) is 11.9. The lowest BCUT2D eigenvalue weighted by Crippen LogP contribution is -2.44. The highest BCUT2D eigenvalue weighted by molar-refractivity contribution is 6.62. The number of aromatic nitrogens is 1. The second-order valence-corrected chi connectivity index (χ2v) is 11.0. The van der Waals surface area contributed by atoms with Crippen LogP contribution in [-0.2, 0) is 21.3 Å². The first kappa shape index (κ1) is 23.1. The first-order chi connectivity index (χ1) is 15.9. The van der Waals surface area contributed by atoms with Crippen LogP contribution in [0.1, 0.15) is 72.6 Å². The van der Waals surface area contributed by atoms with Crippen LogP contribution in [0.25, 0.3) is 0 Å². The lowest BCUT2D eigenvalue weighted by atomic mass is 9.74. The number of benzene rings is 1. The number of carbonyl (C=O) groups excluding carboxylic acids is 2. The van der Waals surface area contributed by atoms with Gasteiger partial charge in [0.25, 0.3) is 11.8 Å². The average molecular weight is 461 g/mol. The number of hydrogen-bond donors (Lipinski definition) is 0. The molecule has 0 bridgehead atoms. The average Bonchev–Trinajstić information content (AvgIpc) is 3.51. The third kappa shape index (κ3) is 3.73. The monoisotopic (exact) mass is 461 g/mol. The van der Waals surface area contributed by atoms with Gasteiger partial charge in [0.15, 0.2) is 0 Å². The maximum Gasteiger partial charge on any atom is 0.494 e. The Morgan fingerprint density at radius 3 is 2.38 bits per heavy atom. The number of carbonyl (C=O) groups is 2. The Kier molecular flexibility index (Phi) is 5.19. The van der Waals surface area contributed by atoms with Crippen molar-refractivity contribution < 1.29 is 18.9 Å². The van der Waals surface area contributed by atoms with Crippen molar-refractivity contribution in [2.24, 2.45) is 0 Å². The number of fused-ring (bicyclic) bond motifs is 2. The number of rotatable bonds is 4. The molecule has 1 aliphatic carbocycles. The van der Waals surface area contributed by atoms with Gasteiger partial charge in [-0.05, 0) is 69.8 Å². The quantitative estimate of drug-likeness (QED) is 0.655. The van der Waals surface area contributed by atoms with E-state index in [1.54, 1.807) is 20.2 Å². The topological polar surface area (TPSA) is 72.0 Å². The van der Waals surface area contributed by atoms with E-state index in [0.29, 0.717) is 24.5 Å². The van der Waals surface area contributed by atoms with Gasteiger partial charge in [0.2, 0.25) is 0 Å². The molecule has 0 unspecified atom stereocenters. The van der Waals surface area contributed by atoms with Crippen LogP contribution >= 0.6 is 0 Å². The summed E-state index contributed by atoms with van der Waals surface area (Å²) < 4.78 is 12.5. The fourth-order valence-electron chi connectivity index (χ4n) is 4.82. The summed E-state index contributed by atoms with van der Waals surface area (Å²) in [4.78, 5) is 33.7. The van der Waals surface area contributed by atoms with Crippen molar-refractivity contribution in [1.29, 1.82) is 0 Å². The summed E-state index contributed by atoms with van der Waals surface area (Å²) in [5.41, 5.74) is 3.06. The molecule has 0 atom stereocenters. The second-order valence-electron chi connectivity index (χ2n) is 11.0. The van der Waals surface area contributed by atoms with Gasteiger partial charge in [-0.15, -0.1) is 0 Å². The lowest BCUT2D eigenvalue weighted by Gasteiger charge is -2.35. The molecular formula is C26H32BN3O4. The number of nitrogens with zero attached hydrogens (tertiary/aromatic N) is 3. The van der Waals surface area contributed by atoms with E-state index in [1.807, 2.05) is 56.9 Å². The molecule has 8 heteroatoms. The summed E-state index contributed by atoms with van der Waals surface area (Å²) in [6.07, 6.45) is 2.09. The summed E-state index contributed by atoms with van der Waals surface area (Å²) in [5, 5.41) is 0. The fraction of sp³-hybridized carbons (Fsp3) is 0.500. The van der Waals surface area contributed by atoms with E-state index < -0.39 is 18.3 Å². The molecule has 1 spiro atoms. The van der Waals surface area contributed by atoms with E-state index in [1.165, 1.54) is 4.90 Å². The highest BCUT2D eigenvalue weighted by Crippen LogP contribution is 2.52. The zero-order chi connectivity index (χ0) is 24.5. The van der Waals surface area contributed by atoms with Gasteiger partial charge in [0.05, 0.1) is 23.4 Å². The van der Waals surface area contributed by atoms with E-state index in [-0.39, 0.29) is 17.2 Å². The van der Waals surface area contributed by atoms with Crippen LogP contribution in [0, 0.1) is 0 Å². The Morgan fingerprint density at radius 1 is 1.09 bits per heavy atom. The van der Waals surface area contributed by atoms with Crippen LogP contribution in [0.4, 0.5) is 0 Å². The van der Waals surface area contributed by atoms with Gasteiger partial charge in [-0.3, -0.25) is 9.59 Å². The molecule has 0 N–H and O–H groups in total. The standard InChI is InChI=1S/C26H32BN3O4/c1-24(2)25(3,4)34-27(33-24)17-10-11-19-20(14-17)26(12-13-26)16-30(22(19)31)15-18-8-7-9-21(28-18)23(32)29(5)6/h7-11,14H,12-13,15-16H2,1-6H3. The van der Waals surface area contributed by atoms with Crippen molar-refractivity contribution >= 4 is 24.4 Å². The molecule has 2 aliphatic heterocycles. The van der Waals surface area contributed by atoms with Crippen molar-refractivity contribution in [3.05, 3.63) is 58.9 Å². The zero-order valence-corrected chi connectivity index (χ0v) is 20.8.